The summed E-state index contributed by atoms with van der Waals surface area (Å²) in [7, 11) is 0. The standard InChI is InChI=1S/C52H33N3O.C30H18N2O.C22H16BrN.CH4/c1-3-16-35(17-4-1)53(44-25-13-15-34-14-7-8-20-39(34)44)37-26-28-38(29-27-37)55-46-24-12-10-22-43(46)50-48(55)33-31-41-40-30-32-47-49(51(40)56-52(41)50)42-21-9-11-23-45(42)54(47)36-18-5-2-6-19-36;1-2-8-18(9-3-1)32-25-13-7-5-11-22(25)28-26(32)17-15-20-19-14-16-24-27(29(19)33-30(20)28)21-10-4-6-12-23(21)31-24;23-18-13-15-20(16-14-18)24(19-9-2-1-3-10-19)22-12-6-8-17-7-4-5-11-21(17)22;/h1-33H;1-17,31H;1-16H;1H4. The number of H-pyrrole nitrogens is 1. The summed E-state index contributed by atoms with van der Waals surface area (Å²) >= 11 is 3.53. The molecule has 0 aliphatic rings. The van der Waals surface area contributed by atoms with Crippen molar-refractivity contribution in [3.05, 3.63) is 405 Å². The van der Waals surface area contributed by atoms with Gasteiger partial charge in [0, 0.05) is 104 Å². The largest absolute Gasteiger partial charge is 0.455 e. The molecule has 24 aromatic rings. The second-order valence-electron chi connectivity index (χ2n) is 28.8. The number of aromatic nitrogens is 4. The Balaban J connectivity index is 0.000000119. The van der Waals surface area contributed by atoms with Crippen LogP contribution < -0.4 is 9.80 Å². The number of hydrogen-bond acceptors (Lipinski definition) is 4. The molecular weight excluding hydrogens is 1460 g/mol. The molecule has 6 heterocycles. The molecule has 18 aromatic carbocycles. The SMILES string of the molecule is Brc1ccc(N(c2ccccc2)c2cccc3ccccc23)cc1.C.c1ccc(-n2c3ccccc3c3c4oc5c(ccc6[nH]c7ccccc7c65)c4ccc32)cc1.c1ccc(N(c2ccc(-n3c4ccccc4c4c5oc6c(ccc7c6c6ccccc6n7-c6ccccc6)c5ccc43)cc2)c2cccc3ccccc23)cc1. The van der Waals surface area contributed by atoms with Gasteiger partial charge >= 0.3 is 0 Å². The smallest absolute Gasteiger partial charge is 0.145 e. The number of halogens is 1. The minimum Gasteiger partial charge on any atom is -0.455 e. The van der Waals surface area contributed by atoms with E-state index in [1.807, 2.05) is 6.07 Å². The van der Waals surface area contributed by atoms with Crippen LogP contribution >= 0.6 is 15.9 Å². The van der Waals surface area contributed by atoms with Crippen molar-refractivity contribution in [3.63, 3.8) is 0 Å². The van der Waals surface area contributed by atoms with Crippen molar-refractivity contribution in [2.45, 2.75) is 7.43 Å². The second-order valence-corrected chi connectivity index (χ2v) is 29.7. The number of para-hydroxylation sites is 8. The fourth-order valence-corrected chi connectivity index (χ4v) is 17.9. The van der Waals surface area contributed by atoms with Crippen LogP contribution in [0.3, 0.4) is 0 Å². The van der Waals surface area contributed by atoms with Crippen LogP contribution in [0.4, 0.5) is 34.1 Å². The molecule has 0 aliphatic carbocycles. The Morgan fingerprint density at radius 2 is 0.535 bits per heavy atom. The zero-order valence-corrected chi connectivity index (χ0v) is 62.6. The molecule has 8 nitrogen and oxygen atoms in total. The van der Waals surface area contributed by atoms with Gasteiger partial charge in [-0.2, -0.15) is 0 Å². The molecule has 0 amide bonds. The van der Waals surface area contributed by atoms with Crippen LogP contribution in [0.15, 0.2) is 414 Å². The van der Waals surface area contributed by atoms with Gasteiger partial charge in [0.05, 0.1) is 71.5 Å². The predicted octanol–water partition coefficient (Wildman–Crippen LogP) is 30.4. The van der Waals surface area contributed by atoms with E-state index in [2.05, 4.69) is 439 Å². The number of hydrogen-bond donors (Lipinski definition) is 1. The normalized spacial score (nSPS) is 11.7. The highest BCUT2D eigenvalue weighted by Gasteiger charge is 2.26. The molecule has 0 radical (unpaired) electrons. The lowest BCUT2D eigenvalue weighted by atomic mass is 10.1. The lowest BCUT2D eigenvalue weighted by molar-refractivity contribution is 0.676. The third kappa shape index (κ3) is 10.9. The first kappa shape index (κ1) is 67.5. The van der Waals surface area contributed by atoms with Gasteiger partial charge in [0.25, 0.3) is 0 Å². The number of fused-ring (bicyclic) bond motifs is 24. The van der Waals surface area contributed by atoms with Crippen LogP contribution in [0.5, 0.6) is 0 Å². The Labute approximate surface area is 664 Å². The minimum absolute atomic E-state index is 0. The minimum atomic E-state index is 0. The van der Waals surface area contributed by atoms with Crippen molar-refractivity contribution in [1.82, 2.24) is 18.7 Å². The fraction of sp³-hybridized carbons (Fsp3) is 0.00952. The molecule has 0 fully saturated rings. The second kappa shape index (κ2) is 27.7. The van der Waals surface area contributed by atoms with Gasteiger partial charge in [-0.15, -0.1) is 0 Å². The molecule has 0 bridgehead atoms. The van der Waals surface area contributed by atoms with Crippen LogP contribution in [0.1, 0.15) is 7.43 Å². The van der Waals surface area contributed by atoms with Gasteiger partial charge in [-0.3, -0.25) is 0 Å². The number of nitrogens with one attached hydrogen (secondary N) is 1. The van der Waals surface area contributed by atoms with Crippen molar-refractivity contribution >= 4 is 203 Å². The Bertz CT molecular complexity index is 7800. The maximum absolute atomic E-state index is 7.14. The van der Waals surface area contributed by atoms with Gasteiger partial charge in [-0.05, 0) is 193 Å². The molecule has 114 heavy (non-hydrogen) atoms. The molecule has 24 rings (SSSR count). The third-order valence-electron chi connectivity index (χ3n) is 22.5. The van der Waals surface area contributed by atoms with Crippen LogP contribution in [0, 0.1) is 0 Å². The number of rotatable bonds is 9. The Morgan fingerprint density at radius 3 is 0.965 bits per heavy atom. The van der Waals surface area contributed by atoms with Gasteiger partial charge < -0.3 is 37.3 Å². The molecule has 0 atom stereocenters. The zero-order valence-electron chi connectivity index (χ0n) is 61.0. The van der Waals surface area contributed by atoms with Crippen molar-refractivity contribution in [2.75, 3.05) is 9.80 Å². The van der Waals surface area contributed by atoms with E-state index in [1.54, 1.807) is 0 Å². The summed E-state index contributed by atoms with van der Waals surface area (Å²) < 4.78 is 22.1. The Morgan fingerprint density at radius 1 is 0.219 bits per heavy atom. The van der Waals surface area contributed by atoms with Crippen LogP contribution in [-0.4, -0.2) is 18.7 Å². The lowest BCUT2D eigenvalue weighted by Crippen LogP contribution is -2.10. The summed E-state index contributed by atoms with van der Waals surface area (Å²) in [6, 6.07) is 142. The van der Waals surface area contributed by atoms with Gasteiger partial charge in [0.15, 0.2) is 0 Å². The average molecular weight is 1530 g/mol. The molecule has 540 valence electrons. The average Bonchev–Trinajstić information content (AvgIpc) is 1.55. The van der Waals surface area contributed by atoms with E-state index in [4.69, 9.17) is 8.83 Å². The number of nitrogens with zero attached hydrogens (tertiary/aromatic N) is 5. The molecule has 0 saturated heterocycles. The van der Waals surface area contributed by atoms with Crippen molar-refractivity contribution in [3.8, 4) is 17.1 Å². The maximum Gasteiger partial charge on any atom is 0.145 e. The summed E-state index contributed by atoms with van der Waals surface area (Å²) in [5.41, 5.74) is 23.1. The highest BCUT2D eigenvalue weighted by molar-refractivity contribution is 9.10. The number of furan rings is 2. The summed E-state index contributed by atoms with van der Waals surface area (Å²) in [5.74, 6) is 0. The third-order valence-corrected chi connectivity index (χ3v) is 23.0. The van der Waals surface area contributed by atoms with Gasteiger partial charge in [0.2, 0.25) is 0 Å². The van der Waals surface area contributed by atoms with Crippen molar-refractivity contribution in [1.29, 1.82) is 0 Å². The molecule has 0 aliphatic heterocycles. The van der Waals surface area contributed by atoms with E-state index in [-0.39, 0.29) is 7.43 Å². The highest BCUT2D eigenvalue weighted by Crippen LogP contribution is 2.49. The molecule has 0 spiro atoms. The summed E-state index contributed by atoms with van der Waals surface area (Å²) in [6.07, 6.45) is 0. The summed E-state index contributed by atoms with van der Waals surface area (Å²) in [5, 5.41) is 18.8. The molecular formula is C105H71BrN6O2. The van der Waals surface area contributed by atoms with Gasteiger partial charge in [0.1, 0.15) is 22.3 Å². The Hall–Kier alpha value is -14.6. The fourth-order valence-electron chi connectivity index (χ4n) is 17.6. The number of anilines is 6. The topological polar surface area (TPSA) is 63.3 Å². The monoisotopic (exact) mass is 1530 g/mol. The van der Waals surface area contributed by atoms with Crippen LogP contribution in [0.25, 0.3) is 170 Å². The molecule has 0 unspecified atom stereocenters. The maximum atomic E-state index is 7.14. The first-order chi connectivity index (χ1) is 56.0. The number of aromatic amines is 1. The van der Waals surface area contributed by atoms with Crippen LogP contribution in [0.2, 0.25) is 0 Å². The lowest BCUT2D eigenvalue weighted by Gasteiger charge is -2.27. The van der Waals surface area contributed by atoms with E-state index in [1.165, 1.54) is 54.3 Å². The van der Waals surface area contributed by atoms with E-state index in [0.29, 0.717) is 0 Å². The van der Waals surface area contributed by atoms with Crippen molar-refractivity contribution in [2.24, 2.45) is 0 Å². The highest BCUT2D eigenvalue weighted by atomic mass is 79.9. The van der Waals surface area contributed by atoms with E-state index < -0.39 is 0 Å². The number of benzene rings is 18. The first-order valence-electron chi connectivity index (χ1n) is 38.2. The van der Waals surface area contributed by atoms with Crippen LogP contribution in [-0.2, 0) is 0 Å². The first-order valence-corrected chi connectivity index (χ1v) is 39.0. The molecule has 1 N–H and O–H groups in total. The van der Waals surface area contributed by atoms with E-state index in [0.717, 1.165) is 154 Å². The zero-order chi connectivity index (χ0) is 74.6. The molecule has 9 heteroatoms. The summed E-state index contributed by atoms with van der Waals surface area (Å²) in [4.78, 5) is 8.20. The van der Waals surface area contributed by atoms with Gasteiger partial charge in [-0.1, -0.05) is 242 Å². The summed E-state index contributed by atoms with van der Waals surface area (Å²) in [6.45, 7) is 0. The van der Waals surface area contributed by atoms with Gasteiger partial charge in [-0.25, -0.2) is 0 Å². The molecule has 6 aromatic heterocycles. The quantitative estimate of drug-likeness (QED) is 0.156. The molecule has 0 saturated carbocycles. The predicted molar refractivity (Wildman–Crippen MR) is 485 cm³/mol. The van der Waals surface area contributed by atoms with E-state index >= 15 is 0 Å². The van der Waals surface area contributed by atoms with E-state index in [9.17, 15) is 0 Å². The van der Waals surface area contributed by atoms with Crippen molar-refractivity contribution < 1.29 is 8.83 Å². The Kier molecular flexibility index (Phi) is 16.4.